The predicted molar refractivity (Wildman–Crippen MR) is 143 cm³/mol. The van der Waals surface area contributed by atoms with E-state index in [0.717, 1.165) is 10.7 Å². The van der Waals surface area contributed by atoms with Gasteiger partial charge in [-0.15, -0.1) is 0 Å². The van der Waals surface area contributed by atoms with Gasteiger partial charge >= 0.3 is 0 Å². The fourth-order valence-electron chi connectivity index (χ4n) is 4.69. The summed E-state index contributed by atoms with van der Waals surface area (Å²) in [4.78, 5) is 28.4. The van der Waals surface area contributed by atoms with E-state index in [1.54, 1.807) is 71.8 Å². The number of hydrogen-bond acceptors (Lipinski definition) is 7. The van der Waals surface area contributed by atoms with E-state index < -0.39 is 39.8 Å². The van der Waals surface area contributed by atoms with E-state index >= 15 is 0 Å². The third-order valence-corrected chi connectivity index (χ3v) is 8.20. The molecule has 2 heterocycles. The number of nitrogens with zero attached hydrogens (tertiary/aromatic N) is 2. The van der Waals surface area contributed by atoms with Crippen molar-refractivity contribution in [2.45, 2.75) is 23.1 Å². The van der Waals surface area contributed by atoms with Crippen LogP contribution in [0.4, 0.5) is 11.4 Å². The highest BCUT2D eigenvalue weighted by atomic mass is 79.9. The zero-order valence-electron chi connectivity index (χ0n) is 19.7. The number of rotatable bonds is 6. The van der Waals surface area contributed by atoms with Gasteiger partial charge in [-0.2, -0.15) is 0 Å². The molecule has 2 aliphatic rings. The number of anilines is 2. The summed E-state index contributed by atoms with van der Waals surface area (Å²) in [6.45, 7) is 0. The van der Waals surface area contributed by atoms with Crippen LogP contribution >= 0.6 is 15.9 Å². The fourth-order valence-corrected chi connectivity index (χ4v) is 5.58. The van der Waals surface area contributed by atoms with Crippen molar-refractivity contribution in [2.75, 3.05) is 16.6 Å². The summed E-state index contributed by atoms with van der Waals surface area (Å²) in [5.41, 5.74) is 4.80. The molecule has 2 N–H and O–H groups in total. The lowest BCUT2D eigenvalue weighted by atomic mass is 9.90. The van der Waals surface area contributed by atoms with Gasteiger partial charge in [0, 0.05) is 16.4 Å². The number of aliphatic hydroxyl groups is 1. The smallest absolute Gasteiger partial charge is 0.254 e. The summed E-state index contributed by atoms with van der Waals surface area (Å²) < 4.78 is 24.6. The lowest BCUT2D eigenvalue weighted by Crippen LogP contribution is -2.55. The normalized spacial score (nSPS) is 22.7. The minimum Gasteiger partial charge on any atom is -0.386 e. The molecule has 190 valence electrons. The minimum absolute atomic E-state index is 0.156. The Labute approximate surface area is 223 Å². The van der Waals surface area contributed by atoms with E-state index in [1.165, 1.54) is 17.0 Å². The van der Waals surface area contributed by atoms with Crippen LogP contribution in [0, 0.1) is 5.92 Å². The Morgan fingerprint density at radius 3 is 2.16 bits per heavy atom. The quantitative estimate of drug-likeness (QED) is 0.337. The number of sulfone groups is 1. The molecule has 37 heavy (non-hydrogen) atoms. The predicted octanol–water partition coefficient (Wildman–Crippen LogP) is 3.71. The van der Waals surface area contributed by atoms with Crippen LogP contribution in [0.25, 0.3) is 0 Å². The molecule has 3 aromatic rings. The van der Waals surface area contributed by atoms with Gasteiger partial charge in [0.05, 0.1) is 28.6 Å². The van der Waals surface area contributed by atoms with Crippen molar-refractivity contribution in [3.8, 4) is 0 Å². The average molecular weight is 582 g/mol. The van der Waals surface area contributed by atoms with Crippen LogP contribution in [0.5, 0.6) is 0 Å². The van der Waals surface area contributed by atoms with E-state index in [2.05, 4.69) is 21.4 Å². The second-order valence-electron chi connectivity index (χ2n) is 9.01. The highest BCUT2D eigenvalue weighted by molar-refractivity contribution is 9.10. The molecule has 0 saturated carbocycles. The molecule has 8 nitrogen and oxygen atoms in total. The average Bonchev–Trinajstić information content (AvgIpc) is 3.14. The highest BCUT2D eigenvalue weighted by Crippen LogP contribution is 2.38. The maximum Gasteiger partial charge on any atom is 0.254 e. The van der Waals surface area contributed by atoms with Gasteiger partial charge in [0.2, 0.25) is 5.91 Å². The largest absolute Gasteiger partial charge is 0.386 e. The van der Waals surface area contributed by atoms with Gasteiger partial charge in [-0.3, -0.25) is 9.59 Å². The van der Waals surface area contributed by atoms with Crippen LogP contribution in [-0.2, 0) is 19.4 Å². The topological polar surface area (TPSA) is 107 Å². The molecule has 2 aliphatic heterocycles. The summed E-state index contributed by atoms with van der Waals surface area (Å²) in [6, 6.07) is 20.4. The third kappa shape index (κ3) is 4.85. The molecule has 1 saturated heterocycles. The molecule has 3 aromatic carbocycles. The summed E-state index contributed by atoms with van der Waals surface area (Å²) in [7, 11) is -3.39. The Bertz CT molecular complexity index is 1460. The summed E-state index contributed by atoms with van der Waals surface area (Å²) in [6.07, 6.45) is 3.51. The first-order chi connectivity index (χ1) is 17.6. The number of fused-ring (bicyclic) bond motifs is 1. The zero-order chi connectivity index (χ0) is 26.3. The van der Waals surface area contributed by atoms with E-state index in [4.69, 9.17) is 0 Å². The number of hydrazine groups is 1. The highest BCUT2D eigenvalue weighted by Gasteiger charge is 2.54. The second kappa shape index (κ2) is 9.86. The molecule has 0 radical (unpaired) electrons. The maximum atomic E-state index is 13.7. The van der Waals surface area contributed by atoms with Crippen LogP contribution in [0.2, 0.25) is 0 Å². The molecule has 0 aliphatic carbocycles. The number of halogens is 1. The van der Waals surface area contributed by atoms with Gasteiger partial charge in [-0.05, 0) is 54.1 Å². The Morgan fingerprint density at radius 1 is 0.892 bits per heavy atom. The zero-order valence-corrected chi connectivity index (χ0v) is 22.1. The van der Waals surface area contributed by atoms with Gasteiger partial charge in [0.15, 0.2) is 9.84 Å². The third-order valence-electron chi connectivity index (χ3n) is 6.55. The number of benzene rings is 3. The molecule has 1 fully saturated rings. The van der Waals surface area contributed by atoms with Gasteiger partial charge in [-0.1, -0.05) is 58.4 Å². The van der Waals surface area contributed by atoms with Gasteiger partial charge < -0.3 is 10.5 Å². The first-order valence-electron chi connectivity index (χ1n) is 11.5. The van der Waals surface area contributed by atoms with Crippen molar-refractivity contribution in [1.82, 2.24) is 5.01 Å². The molecule has 0 bridgehead atoms. The molecular weight excluding hydrogens is 558 g/mol. The number of carbonyl (C=O) groups is 2. The Hall–Kier alpha value is -3.31. The van der Waals surface area contributed by atoms with Gasteiger partial charge in [-0.25, -0.2) is 18.3 Å². The lowest BCUT2D eigenvalue weighted by Gasteiger charge is -2.40. The standard InChI is InChI=1S/C27H24BrN3O5S/c1-37(35,36)21-13-11-19(12-14-21)29-31-23(25(32)17-7-9-18(28)10-8-17)16-15-22-24(31)27(34)30(26(22)33)20-5-3-2-4-6-20/h2-16,22-25,29,32H,1H3/t22-,23?,24+,25-/m1/s1. The number of hydrogen-bond donors (Lipinski definition) is 2. The molecule has 0 aromatic heterocycles. The van der Waals surface area contributed by atoms with Crippen LogP contribution in [-0.4, -0.2) is 48.7 Å². The number of aliphatic hydroxyl groups excluding tert-OH is 1. The number of carbonyl (C=O) groups excluding carboxylic acids is 2. The maximum absolute atomic E-state index is 13.7. The van der Waals surface area contributed by atoms with Crippen LogP contribution in [0.3, 0.4) is 0 Å². The molecule has 4 atom stereocenters. The minimum atomic E-state index is -3.39. The molecule has 5 rings (SSSR count). The molecule has 0 spiro atoms. The second-order valence-corrected chi connectivity index (χ2v) is 11.9. The van der Waals surface area contributed by atoms with E-state index in [-0.39, 0.29) is 10.8 Å². The SMILES string of the molecule is CS(=O)(=O)c1ccc(NN2C([C@H](O)c3ccc(Br)cc3)C=C[C@H]3C(=O)N(c4ccccc4)C(=O)[C@H]32)cc1. The Morgan fingerprint density at radius 2 is 1.54 bits per heavy atom. The van der Waals surface area contributed by atoms with E-state index in [0.29, 0.717) is 16.9 Å². The van der Waals surface area contributed by atoms with E-state index in [9.17, 15) is 23.1 Å². The van der Waals surface area contributed by atoms with Crippen LogP contribution in [0.1, 0.15) is 11.7 Å². The van der Waals surface area contributed by atoms with Crippen molar-refractivity contribution < 1.29 is 23.1 Å². The van der Waals surface area contributed by atoms with Crippen molar-refractivity contribution in [3.63, 3.8) is 0 Å². The van der Waals surface area contributed by atoms with E-state index in [1.807, 2.05) is 12.1 Å². The van der Waals surface area contributed by atoms with Crippen molar-refractivity contribution in [1.29, 1.82) is 0 Å². The fraction of sp³-hybridized carbons (Fsp3) is 0.185. The Balaban J connectivity index is 1.54. The first kappa shape index (κ1) is 25.3. The lowest BCUT2D eigenvalue weighted by molar-refractivity contribution is -0.123. The number of imide groups is 1. The van der Waals surface area contributed by atoms with Crippen LogP contribution < -0.4 is 10.3 Å². The monoisotopic (exact) mass is 581 g/mol. The van der Waals surface area contributed by atoms with Gasteiger partial charge in [0.1, 0.15) is 6.04 Å². The van der Waals surface area contributed by atoms with Crippen molar-refractivity contribution in [3.05, 3.63) is 101 Å². The first-order valence-corrected chi connectivity index (χ1v) is 14.2. The summed E-state index contributed by atoms with van der Waals surface area (Å²) in [5, 5.41) is 12.9. The molecule has 2 amide bonds. The number of amides is 2. The van der Waals surface area contributed by atoms with Crippen LogP contribution in [0.15, 0.2) is 100 Å². The van der Waals surface area contributed by atoms with Crippen molar-refractivity contribution in [2.24, 2.45) is 5.92 Å². The number of nitrogens with one attached hydrogen (secondary N) is 1. The molecule has 10 heteroatoms. The summed E-state index contributed by atoms with van der Waals surface area (Å²) >= 11 is 3.40. The molecule has 1 unspecified atom stereocenters. The molecular formula is C27H24BrN3O5S. The van der Waals surface area contributed by atoms with Crippen molar-refractivity contribution >= 4 is 49.0 Å². The number of para-hydroxylation sites is 1. The summed E-state index contributed by atoms with van der Waals surface area (Å²) in [5.74, 6) is -1.53. The Kier molecular flexibility index (Phi) is 6.76. The van der Waals surface area contributed by atoms with Gasteiger partial charge in [0.25, 0.3) is 5.91 Å².